The molecule has 4 N–H and O–H groups in total. The van der Waals surface area contributed by atoms with Crippen LogP contribution < -0.4 is 16.2 Å². The highest BCUT2D eigenvalue weighted by Crippen LogP contribution is 2.59. The van der Waals surface area contributed by atoms with Crippen LogP contribution in [0, 0.1) is 23.2 Å². The van der Waals surface area contributed by atoms with Crippen molar-refractivity contribution in [3.63, 3.8) is 0 Å². The largest absolute Gasteiger partial charge is 0.396 e. The zero-order valence-electron chi connectivity index (χ0n) is 13.1. The Bertz CT molecular complexity index is 406. The molecule has 4 aliphatic carbocycles. The van der Waals surface area contributed by atoms with Gasteiger partial charge in [0.15, 0.2) is 5.11 Å². The highest BCUT2D eigenvalue weighted by atomic mass is 32.1. The van der Waals surface area contributed by atoms with Gasteiger partial charge in [-0.3, -0.25) is 15.6 Å². The molecule has 0 aromatic rings. The van der Waals surface area contributed by atoms with Crippen molar-refractivity contribution in [3.8, 4) is 0 Å². The first-order valence-electron chi connectivity index (χ1n) is 8.56. The first-order chi connectivity index (χ1) is 10.6. The van der Waals surface area contributed by atoms with Crippen molar-refractivity contribution in [2.24, 2.45) is 23.2 Å². The van der Waals surface area contributed by atoms with Crippen LogP contribution in [-0.2, 0) is 4.79 Å². The first-order valence-corrected chi connectivity index (χ1v) is 8.97. The Morgan fingerprint density at radius 3 is 2.18 bits per heavy atom. The summed E-state index contributed by atoms with van der Waals surface area (Å²) in [7, 11) is 0. The predicted molar refractivity (Wildman–Crippen MR) is 88.8 cm³/mol. The summed E-state index contributed by atoms with van der Waals surface area (Å²) in [4.78, 5) is 12.7. The normalized spacial score (nSPS) is 35.2. The number of hydrogen-bond acceptors (Lipinski definition) is 3. The molecule has 4 rings (SSSR count). The molecule has 0 aliphatic heterocycles. The third-order valence-corrected chi connectivity index (χ3v) is 5.93. The van der Waals surface area contributed by atoms with E-state index >= 15 is 0 Å². The molecule has 0 aromatic carbocycles. The number of carbonyl (C=O) groups excluding carboxylic acids is 1. The van der Waals surface area contributed by atoms with Crippen LogP contribution in [0.4, 0.5) is 0 Å². The van der Waals surface area contributed by atoms with Crippen LogP contribution in [0.3, 0.4) is 0 Å². The molecule has 4 aliphatic rings. The Morgan fingerprint density at radius 2 is 1.64 bits per heavy atom. The minimum absolute atomic E-state index is 0.131. The molecule has 6 heteroatoms. The Balaban J connectivity index is 1.45. The zero-order valence-corrected chi connectivity index (χ0v) is 13.9. The average molecular weight is 325 g/mol. The van der Waals surface area contributed by atoms with Gasteiger partial charge in [0.1, 0.15) is 0 Å². The average Bonchev–Trinajstić information content (AvgIpc) is 2.48. The van der Waals surface area contributed by atoms with Gasteiger partial charge in [0.2, 0.25) is 5.91 Å². The van der Waals surface area contributed by atoms with Gasteiger partial charge < -0.3 is 10.4 Å². The SMILES string of the molecule is O=C(NNC(=S)NCCCCO)C12CC3CC(CC(C3)C1)C2. The molecule has 0 atom stereocenters. The smallest absolute Gasteiger partial charge is 0.244 e. The minimum atomic E-state index is -0.145. The Kier molecular flexibility index (Phi) is 4.88. The molecule has 0 spiro atoms. The van der Waals surface area contributed by atoms with Gasteiger partial charge in [-0.15, -0.1) is 0 Å². The fraction of sp³-hybridized carbons (Fsp3) is 0.875. The van der Waals surface area contributed by atoms with Gasteiger partial charge in [0.05, 0.1) is 5.41 Å². The Hall–Kier alpha value is -0.880. The summed E-state index contributed by atoms with van der Waals surface area (Å²) < 4.78 is 0. The van der Waals surface area contributed by atoms with Gasteiger partial charge in [0, 0.05) is 13.2 Å². The number of aliphatic hydroxyl groups excluding tert-OH is 1. The standard InChI is InChI=1S/C16H27N3O2S/c20-4-2-1-3-17-15(22)19-18-14(21)16-8-11-5-12(9-16)7-13(6-11)10-16/h11-13,20H,1-10H2,(H,18,21)(H2,17,19,22). The second-order valence-electron chi connectivity index (χ2n) is 7.46. The van der Waals surface area contributed by atoms with E-state index in [1.807, 2.05) is 0 Å². The molecule has 0 heterocycles. The number of rotatable bonds is 5. The van der Waals surface area contributed by atoms with E-state index in [9.17, 15) is 4.79 Å². The zero-order chi connectivity index (χ0) is 15.6. The van der Waals surface area contributed by atoms with Crippen LogP contribution in [0.25, 0.3) is 0 Å². The highest BCUT2D eigenvalue weighted by molar-refractivity contribution is 7.80. The van der Waals surface area contributed by atoms with Crippen LogP contribution in [0.1, 0.15) is 51.4 Å². The van der Waals surface area contributed by atoms with Crippen molar-refractivity contribution >= 4 is 23.2 Å². The van der Waals surface area contributed by atoms with Crippen LogP contribution in [0.5, 0.6) is 0 Å². The molecule has 0 saturated heterocycles. The molecule has 0 radical (unpaired) electrons. The fourth-order valence-electron chi connectivity index (χ4n) is 5.12. The van der Waals surface area contributed by atoms with Crippen molar-refractivity contribution in [1.29, 1.82) is 0 Å². The number of unbranched alkanes of at least 4 members (excludes halogenated alkanes) is 1. The summed E-state index contributed by atoms with van der Waals surface area (Å²) in [5.74, 6) is 2.42. The summed E-state index contributed by atoms with van der Waals surface area (Å²) in [5.41, 5.74) is 5.54. The summed E-state index contributed by atoms with van der Waals surface area (Å²) in [5, 5.41) is 12.2. The molecule has 4 bridgehead atoms. The van der Waals surface area contributed by atoms with E-state index in [0.29, 0.717) is 11.7 Å². The van der Waals surface area contributed by atoms with Gasteiger partial charge >= 0.3 is 0 Å². The number of hydrazine groups is 1. The van der Waals surface area contributed by atoms with E-state index in [1.165, 1.54) is 19.3 Å². The fourth-order valence-corrected chi connectivity index (χ4v) is 5.27. The van der Waals surface area contributed by atoms with E-state index in [1.54, 1.807) is 0 Å². The summed E-state index contributed by atoms with van der Waals surface area (Å²) in [6, 6.07) is 0. The predicted octanol–water partition coefficient (Wildman–Crippen LogP) is 1.47. The van der Waals surface area contributed by atoms with Crippen molar-refractivity contribution in [2.45, 2.75) is 51.4 Å². The van der Waals surface area contributed by atoms with Crippen molar-refractivity contribution < 1.29 is 9.90 Å². The van der Waals surface area contributed by atoms with Gasteiger partial charge in [-0.2, -0.15) is 0 Å². The second kappa shape index (κ2) is 6.71. The number of thiocarbonyl (C=S) groups is 1. The molecule has 124 valence electrons. The second-order valence-corrected chi connectivity index (χ2v) is 7.87. The maximum Gasteiger partial charge on any atom is 0.244 e. The van der Waals surface area contributed by atoms with Crippen LogP contribution in [0.2, 0.25) is 0 Å². The first kappa shape index (κ1) is 16.0. The molecule has 0 aromatic heterocycles. The van der Waals surface area contributed by atoms with E-state index in [0.717, 1.165) is 49.9 Å². The third-order valence-electron chi connectivity index (χ3n) is 5.68. The maximum absolute atomic E-state index is 12.7. The summed E-state index contributed by atoms with van der Waals surface area (Å²) in [6.07, 6.45) is 8.81. The van der Waals surface area contributed by atoms with E-state index in [-0.39, 0.29) is 17.9 Å². The molecule has 1 amide bonds. The quantitative estimate of drug-likeness (QED) is 0.350. The number of carbonyl (C=O) groups is 1. The molecular formula is C16H27N3O2S. The van der Waals surface area contributed by atoms with E-state index in [2.05, 4.69) is 16.2 Å². The number of amides is 1. The van der Waals surface area contributed by atoms with Gasteiger partial charge in [-0.05, 0) is 81.3 Å². The molecule has 22 heavy (non-hydrogen) atoms. The van der Waals surface area contributed by atoms with Crippen LogP contribution >= 0.6 is 12.2 Å². The monoisotopic (exact) mass is 325 g/mol. The minimum Gasteiger partial charge on any atom is -0.396 e. The lowest BCUT2D eigenvalue weighted by molar-refractivity contribution is -0.146. The van der Waals surface area contributed by atoms with E-state index < -0.39 is 0 Å². The molecule has 0 unspecified atom stereocenters. The van der Waals surface area contributed by atoms with Crippen molar-refractivity contribution in [1.82, 2.24) is 16.2 Å². The Morgan fingerprint density at radius 1 is 1.05 bits per heavy atom. The number of aliphatic hydroxyl groups is 1. The van der Waals surface area contributed by atoms with Gasteiger partial charge in [-0.1, -0.05) is 0 Å². The van der Waals surface area contributed by atoms with Gasteiger partial charge in [0.25, 0.3) is 0 Å². The maximum atomic E-state index is 12.7. The lowest BCUT2D eigenvalue weighted by Crippen LogP contribution is -2.57. The molecule has 4 fully saturated rings. The highest BCUT2D eigenvalue weighted by Gasteiger charge is 2.54. The molecule has 4 saturated carbocycles. The lowest BCUT2D eigenvalue weighted by atomic mass is 9.49. The van der Waals surface area contributed by atoms with Gasteiger partial charge in [-0.25, -0.2) is 0 Å². The number of nitrogens with one attached hydrogen (secondary N) is 3. The third kappa shape index (κ3) is 3.38. The van der Waals surface area contributed by atoms with Crippen molar-refractivity contribution in [2.75, 3.05) is 13.2 Å². The molecular weight excluding hydrogens is 298 g/mol. The van der Waals surface area contributed by atoms with Crippen molar-refractivity contribution in [3.05, 3.63) is 0 Å². The topological polar surface area (TPSA) is 73.4 Å². The Labute approximate surface area is 137 Å². The van der Waals surface area contributed by atoms with E-state index in [4.69, 9.17) is 17.3 Å². The summed E-state index contributed by atoms with van der Waals surface area (Å²) in [6.45, 7) is 0.907. The molecule has 5 nitrogen and oxygen atoms in total. The lowest BCUT2D eigenvalue weighted by Gasteiger charge is -2.55. The van der Waals surface area contributed by atoms with Crippen LogP contribution in [0.15, 0.2) is 0 Å². The summed E-state index contributed by atoms with van der Waals surface area (Å²) >= 11 is 5.17. The van der Waals surface area contributed by atoms with Crippen LogP contribution in [-0.4, -0.2) is 29.3 Å². The number of hydrogen-bond donors (Lipinski definition) is 4.